The van der Waals surface area contributed by atoms with E-state index in [2.05, 4.69) is 72.2 Å². The molecule has 3 fully saturated rings. The molecule has 0 aliphatic heterocycles. The Bertz CT molecular complexity index is 991. The first-order chi connectivity index (χ1) is 18.5. The minimum absolute atomic E-state index is 0.00505. The number of rotatable bonds is 10. The number of hydrogen-bond acceptors (Lipinski definition) is 4. The lowest BCUT2D eigenvalue weighted by atomic mass is 9.46. The van der Waals surface area contributed by atoms with Crippen molar-refractivity contribution in [3.8, 4) is 0 Å². The van der Waals surface area contributed by atoms with Crippen molar-refractivity contribution < 1.29 is 18.4 Å². The van der Waals surface area contributed by atoms with Gasteiger partial charge in [-0.3, -0.25) is 4.79 Å². The SMILES string of the molecule is COC(=O)C(C)CCCC(C)[C@H]1CCC2C3C(CC[C@@]21C)[C@@]1(C)CC=C(O[Si](C)(C)C)C=C1C[C@H]3O[Si](C)(C)C. The summed E-state index contributed by atoms with van der Waals surface area (Å²) in [5.41, 5.74) is 2.22. The molecule has 4 rings (SSSR count). The van der Waals surface area contributed by atoms with E-state index in [-0.39, 0.29) is 17.3 Å². The second-order valence-electron chi connectivity index (χ2n) is 16.4. The summed E-state index contributed by atoms with van der Waals surface area (Å²) in [6.45, 7) is 23.7. The van der Waals surface area contributed by atoms with Gasteiger partial charge >= 0.3 is 5.97 Å². The number of fused-ring (bicyclic) bond motifs is 5. The summed E-state index contributed by atoms with van der Waals surface area (Å²) in [4.78, 5) is 11.9. The second kappa shape index (κ2) is 11.7. The molecule has 0 saturated heterocycles. The molecule has 9 atom stereocenters. The van der Waals surface area contributed by atoms with Crippen LogP contribution < -0.4 is 0 Å². The van der Waals surface area contributed by atoms with Crippen LogP contribution in [0.4, 0.5) is 0 Å². The number of allylic oxidation sites excluding steroid dienone is 2. The highest BCUT2D eigenvalue weighted by Gasteiger charge is 2.62. The van der Waals surface area contributed by atoms with Gasteiger partial charge in [0.15, 0.2) is 8.32 Å². The van der Waals surface area contributed by atoms with Gasteiger partial charge in [-0.05, 0) is 137 Å². The maximum Gasteiger partial charge on any atom is 0.308 e. The standard InChI is InChI=1S/C34H60O4Si2/c1-23(13-12-14-24(2)32(35)36-5)27-15-16-28-31-29(18-20-34(27,28)4)33(3)19-17-26(37-39(6,7)8)21-25(33)22-30(31)38-40(9,10)11/h17,21,23-24,27-31H,12-16,18-20,22H2,1-11H3/t23?,24?,27-,28?,29?,30-,31?,33+,34-/m1/s1. The van der Waals surface area contributed by atoms with E-state index in [1.807, 2.05) is 6.92 Å². The predicted molar refractivity (Wildman–Crippen MR) is 171 cm³/mol. The molecule has 4 nitrogen and oxygen atoms in total. The maximum absolute atomic E-state index is 11.9. The number of carbonyl (C=O) groups is 1. The van der Waals surface area contributed by atoms with Gasteiger partial charge in [0.25, 0.3) is 0 Å². The molecule has 3 saturated carbocycles. The van der Waals surface area contributed by atoms with Crippen LogP contribution in [0.1, 0.15) is 85.5 Å². The van der Waals surface area contributed by atoms with E-state index in [0.717, 1.165) is 43.3 Å². The fourth-order valence-corrected chi connectivity index (χ4v) is 11.6. The van der Waals surface area contributed by atoms with Crippen molar-refractivity contribution in [3.05, 3.63) is 23.5 Å². The Morgan fingerprint density at radius 1 is 1.00 bits per heavy atom. The van der Waals surface area contributed by atoms with Crippen LogP contribution in [0.3, 0.4) is 0 Å². The van der Waals surface area contributed by atoms with Gasteiger partial charge < -0.3 is 13.6 Å². The predicted octanol–water partition coefficient (Wildman–Crippen LogP) is 9.36. The van der Waals surface area contributed by atoms with E-state index in [1.54, 1.807) is 5.57 Å². The number of esters is 1. The summed E-state index contributed by atoms with van der Waals surface area (Å²) in [6.07, 6.45) is 16.0. The topological polar surface area (TPSA) is 44.8 Å². The molecule has 228 valence electrons. The lowest BCUT2D eigenvalue weighted by Crippen LogP contribution is -2.57. The van der Waals surface area contributed by atoms with E-state index in [0.29, 0.717) is 29.3 Å². The van der Waals surface area contributed by atoms with Crippen LogP contribution >= 0.6 is 0 Å². The van der Waals surface area contributed by atoms with E-state index in [4.69, 9.17) is 13.6 Å². The third-order valence-electron chi connectivity index (χ3n) is 11.4. The highest BCUT2D eigenvalue weighted by atomic mass is 28.4. The van der Waals surface area contributed by atoms with Gasteiger partial charge in [0.05, 0.1) is 24.9 Å². The van der Waals surface area contributed by atoms with Crippen LogP contribution in [0.2, 0.25) is 39.3 Å². The molecule has 6 heteroatoms. The van der Waals surface area contributed by atoms with Crippen molar-refractivity contribution in [1.29, 1.82) is 0 Å². The van der Waals surface area contributed by atoms with Crippen molar-refractivity contribution in [2.24, 2.45) is 46.3 Å². The summed E-state index contributed by atoms with van der Waals surface area (Å²) >= 11 is 0. The minimum atomic E-state index is -1.71. The van der Waals surface area contributed by atoms with Crippen molar-refractivity contribution >= 4 is 22.6 Å². The van der Waals surface area contributed by atoms with Crippen LogP contribution in [0.5, 0.6) is 0 Å². The van der Waals surface area contributed by atoms with Gasteiger partial charge in [0, 0.05) is 0 Å². The molecule has 0 spiro atoms. The third kappa shape index (κ3) is 6.54. The molecule has 0 heterocycles. The van der Waals surface area contributed by atoms with Gasteiger partial charge in [-0.25, -0.2) is 0 Å². The molecule has 0 amide bonds. The van der Waals surface area contributed by atoms with E-state index >= 15 is 0 Å². The fourth-order valence-electron chi connectivity index (χ4n) is 9.57. The fraction of sp³-hybridized carbons (Fsp3) is 0.853. The molecule has 0 aromatic carbocycles. The normalized spacial score (nSPS) is 37.3. The average Bonchev–Trinajstić information content (AvgIpc) is 3.19. The van der Waals surface area contributed by atoms with Gasteiger partial charge in [0.2, 0.25) is 8.32 Å². The minimum Gasteiger partial charge on any atom is -0.545 e. The monoisotopic (exact) mass is 588 g/mol. The van der Waals surface area contributed by atoms with E-state index in [1.165, 1.54) is 39.2 Å². The molecule has 4 aliphatic rings. The molecule has 0 aromatic heterocycles. The van der Waals surface area contributed by atoms with Crippen LogP contribution in [-0.4, -0.2) is 35.8 Å². The first-order valence-corrected chi connectivity index (χ1v) is 23.2. The van der Waals surface area contributed by atoms with Gasteiger partial charge in [-0.2, -0.15) is 0 Å². The highest BCUT2D eigenvalue weighted by Crippen LogP contribution is 2.68. The average molecular weight is 589 g/mol. The largest absolute Gasteiger partial charge is 0.545 e. The summed E-state index contributed by atoms with van der Waals surface area (Å²) in [5.74, 6) is 4.61. The molecular formula is C34H60O4Si2. The molecule has 5 unspecified atom stereocenters. The first-order valence-electron chi connectivity index (χ1n) is 16.3. The van der Waals surface area contributed by atoms with Crippen LogP contribution in [-0.2, 0) is 18.4 Å². The van der Waals surface area contributed by atoms with Crippen LogP contribution in [0.15, 0.2) is 23.5 Å². The molecule has 40 heavy (non-hydrogen) atoms. The number of hydrogen-bond donors (Lipinski definition) is 0. The number of methoxy groups -OCH3 is 1. The zero-order chi connectivity index (χ0) is 29.7. The number of carbonyl (C=O) groups excluding carboxylic acids is 1. The summed E-state index contributed by atoms with van der Waals surface area (Å²) in [7, 11) is -1.85. The van der Waals surface area contributed by atoms with Crippen LogP contribution in [0.25, 0.3) is 0 Å². The summed E-state index contributed by atoms with van der Waals surface area (Å²) < 4.78 is 18.6. The van der Waals surface area contributed by atoms with Crippen molar-refractivity contribution in [1.82, 2.24) is 0 Å². The molecule has 0 aromatic rings. The van der Waals surface area contributed by atoms with E-state index < -0.39 is 16.6 Å². The second-order valence-corrected chi connectivity index (χ2v) is 25.3. The van der Waals surface area contributed by atoms with Crippen molar-refractivity contribution in [2.45, 2.75) is 131 Å². The van der Waals surface area contributed by atoms with Gasteiger partial charge in [-0.1, -0.05) is 46.1 Å². The quantitative estimate of drug-likeness (QED) is 0.188. The zero-order valence-corrected chi connectivity index (χ0v) is 29.7. The Morgan fingerprint density at radius 3 is 2.33 bits per heavy atom. The molecule has 4 aliphatic carbocycles. The Balaban J connectivity index is 1.56. The molecule has 0 N–H and O–H groups in total. The third-order valence-corrected chi connectivity index (χ3v) is 13.2. The maximum atomic E-state index is 11.9. The molecule has 0 radical (unpaired) electrons. The Morgan fingerprint density at radius 2 is 1.70 bits per heavy atom. The zero-order valence-electron chi connectivity index (χ0n) is 27.7. The molecule has 0 bridgehead atoms. The summed E-state index contributed by atoms with van der Waals surface area (Å²) in [5, 5.41) is 0. The Labute approximate surface area is 248 Å². The smallest absolute Gasteiger partial charge is 0.308 e. The Kier molecular flexibility index (Phi) is 9.36. The number of ether oxygens (including phenoxy) is 1. The summed E-state index contributed by atoms with van der Waals surface area (Å²) in [6, 6.07) is 0. The highest BCUT2D eigenvalue weighted by molar-refractivity contribution is 6.70. The van der Waals surface area contributed by atoms with Gasteiger partial charge in [0.1, 0.15) is 0 Å². The molecular weight excluding hydrogens is 529 g/mol. The first kappa shape index (κ1) is 32.1. The van der Waals surface area contributed by atoms with Crippen molar-refractivity contribution in [2.75, 3.05) is 7.11 Å². The lowest BCUT2D eigenvalue weighted by molar-refractivity contribution is -0.145. The van der Waals surface area contributed by atoms with Crippen LogP contribution in [0, 0.1) is 46.3 Å². The van der Waals surface area contributed by atoms with Gasteiger partial charge in [-0.15, -0.1) is 0 Å². The van der Waals surface area contributed by atoms with E-state index in [9.17, 15) is 4.79 Å². The lowest BCUT2D eigenvalue weighted by Gasteiger charge is -2.61. The van der Waals surface area contributed by atoms with Crippen molar-refractivity contribution in [3.63, 3.8) is 0 Å². The Hall–Kier alpha value is -0.856.